The Morgan fingerprint density at radius 3 is 2.80 bits per heavy atom. The Labute approximate surface area is 96.4 Å². The Morgan fingerprint density at radius 2 is 2.20 bits per heavy atom. The van der Waals surface area contributed by atoms with Gasteiger partial charge in [-0.25, -0.2) is 4.79 Å². The van der Waals surface area contributed by atoms with Gasteiger partial charge in [-0.05, 0) is 23.9 Å². The molecule has 0 unspecified atom stereocenters. The molecule has 1 aromatic carbocycles. The number of esters is 1. The third kappa shape index (κ3) is 1.62. The third-order valence-electron chi connectivity index (χ3n) is 2.29. The first-order valence-electron chi connectivity index (χ1n) is 4.41. The molecule has 0 atom stereocenters. The lowest BCUT2D eigenvalue weighted by Gasteiger charge is -1.95. The normalized spacial score (nSPS) is 10.6. The Morgan fingerprint density at radius 1 is 1.47 bits per heavy atom. The second kappa shape index (κ2) is 3.83. The van der Waals surface area contributed by atoms with E-state index in [1.165, 1.54) is 18.4 Å². The van der Waals surface area contributed by atoms with Crippen LogP contribution in [0.1, 0.15) is 15.2 Å². The van der Waals surface area contributed by atoms with Crippen molar-refractivity contribution >= 4 is 39.0 Å². The Kier molecular flexibility index (Phi) is 2.67. The minimum Gasteiger partial charge on any atom is -0.465 e. The Balaban J connectivity index is 2.75. The lowest BCUT2D eigenvalue weighted by atomic mass is 10.1. The van der Waals surface area contributed by atoms with Crippen LogP contribution in [0, 0.1) is 6.92 Å². The van der Waals surface area contributed by atoms with Crippen molar-refractivity contribution in [2.75, 3.05) is 7.11 Å². The summed E-state index contributed by atoms with van der Waals surface area (Å²) in [4.78, 5) is 12.1. The Bertz CT molecular complexity index is 531. The van der Waals surface area contributed by atoms with E-state index < -0.39 is 0 Å². The van der Waals surface area contributed by atoms with E-state index in [1.54, 1.807) is 0 Å². The molecule has 2 aromatic rings. The van der Waals surface area contributed by atoms with Gasteiger partial charge < -0.3 is 4.74 Å². The number of halogens is 1. The molecule has 0 spiro atoms. The van der Waals surface area contributed by atoms with Gasteiger partial charge in [-0.15, -0.1) is 11.3 Å². The zero-order chi connectivity index (χ0) is 11.0. The zero-order valence-corrected chi connectivity index (χ0v) is 9.91. The van der Waals surface area contributed by atoms with Crippen molar-refractivity contribution in [3.05, 3.63) is 33.7 Å². The van der Waals surface area contributed by atoms with E-state index in [0.29, 0.717) is 9.90 Å². The van der Waals surface area contributed by atoms with Crippen molar-refractivity contribution in [3.8, 4) is 0 Å². The molecule has 0 saturated heterocycles. The molecule has 0 saturated carbocycles. The smallest absolute Gasteiger partial charge is 0.348 e. The summed E-state index contributed by atoms with van der Waals surface area (Å²) in [7, 11) is 1.38. The highest BCUT2D eigenvalue weighted by molar-refractivity contribution is 7.21. The van der Waals surface area contributed by atoms with Gasteiger partial charge >= 0.3 is 5.97 Å². The SMILES string of the molecule is COC(=O)c1sc2c(Cl)cccc2c1C. The van der Waals surface area contributed by atoms with Gasteiger partial charge in [-0.3, -0.25) is 0 Å². The number of ether oxygens (including phenoxy) is 1. The molecule has 0 amide bonds. The van der Waals surface area contributed by atoms with E-state index in [1.807, 2.05) is 25.1 Å². The first-order chi connectivity index (χ1) is 7.15. The van der Waals surface area contributed by atoms with Crippen LogP contribution in [0.5, 0.6) is 0 Å². The van der Waals surface area contributed by atoms with Crippen LogP contribution in [0.15, 0.2) is 18.2 Å². The molecule has 0 aliphatic rings. The van der Waals surface area contributed by atoms with Gasteiger partial charge in [-0.1, -0.05) is 23.7 Å². The standard InChI is InChI=1S/C11H9ClO2S/c1-6-7-4-3-5-8(12)10(7)15-9(6)11(13)14-2/h3-5H,1-2H3. The van der Waals surface area contributed by atoms with Crippen molar-refractivity contribution in [2.24, 2.45) is 0 Å². The van der Waals surface area contributed by atoms with E-state index >= 15 is 0 Å². The molecular weight excluding hydrogens is 232 g/mol. The van der Waals surface area contributed by atoms with Gasteiger partial charge in [0.05, 0.1) is 16.8 Å². The molecular formula is C11H9ClO2S. The summed E-state index contributed by atoms with van der Waals surface area (Å²) in [5, 5.41) is 1.70. The van der Waals surface area contributed by atoms with Gasteiger partial charge in [0.2, 0.25) is 0 Å². The lowest BCUT2D eigenvalue weighted by Crippen LogP contribution is -1.99. The quantitative estimate of drug-likeness (QED) is 0.712. The molecule has 0 aliphatic carbocycles. The number of aryl methyl sites for hydroxylation is 1. The maximum absolute atomic E-state index is 11.5. The zero-order valence-electron chi connectivity index (χ0n) is 8.33. The molecule has 1 aromatic heterocycles. The fourth-order valence-electron chi connectivity index (χ4n) is 1.50. The first kappa shape index (κ1) is 10.5. The summed E-state index contributed by atoms with van der Waals surface area (Å²) in [6, 6.07) is 5.66. The number of fused-ring (bicyclic) bond motifs is 1. The monoisotopic (exact) mass is 240 g/mol. The lowest BCUT2D eigenvalue weighted by molar-refractivity contribution is 0.0605. The summed E-state index contributed by atoms with van der Waals surface area (Å²) in [6.45, 7) is 1.90. The number of methoxy groups -OCH3 is 1. The van der Waals surface area contributed by atoms with E-state index in [2.05, 4.69) is 0 Å². The number of rotatable bonds is 1. The van der Waals surface area contributed by atoms with Gasteiger partial charge in [-0.2, -0.15) is 0 Å². The van der Waals surface area contributed by atoms with Crippen LogP contribution in [-0.4, -0.2) is 13.1 Å². The molecule has 0 aliphatic heterocycles. The first-order valence-corrected chi connectivity index (χ1v) is 5.60. The summed E-state index contributed by atoms with van der Waals surface area (Å²) in [6.07, 6.45) is 0. The molecule has 1 heterocycles. The van der Waals surface area contributed by atoms with Crippen molar-refractivity contribution < 1.29 is 9.53 Å². The molecule has 0 N–H and O–H groups in total. The summed E-state index contributed by atoms with van der Waals surface area (Å²) in [5.74, 6) is -0.301. The Hall–Kier alpha value is -1.06. The van der Waals surface area contributed by atoms with Crippen molar-refractivity contribution in [1.29, 1.82) is 0 Å². The van der Waals surface area contributed by atoms with Crippen LogP contribution in [0.3, 0.4) is 0 Å². The summed E-state index contributed by atoms with van der Waals surface area (Å²) in [5.41, 5.74) is 0.935. The number of thiophene rings is 1. The maximum Gasteiger partial charge on any atom is 0.348 e. The van der Waals surface area contributed by atoms with Gasteiger partial charge in [0, 0.05) is 0 Å². The minimum absolute atomic E-state index is 0.301. The van der Waals surface area contributed by atoms with Crippen molar-refractivity contribution in [1.82, 2.24) is 0 Å². The number of hydrogen-bond donors (Lipinski definition) is 0. The molecule has 15 heavy (non-hydrogen) atoms. The molecule has 4 heteroatoms. The van der Waals surface area contributed by atoms with Crippen LogP contribution in [-0.2, 0) is 4.74 Å². The highest BCUT2D eigenvalue weighted by Crippen LogP contribution is 2.35. The van der Waals surface area contributed by atoms with Gasteiger partial charge in [0.15, 0.2) is 0 Å². The van der Waals surface area contributed by atoms with Crippen LogP contribution >= 0.6 is 22.9 Å². The second-order valence-electron chi connectivity index (χ2n) is 3.16. The van der Waals surface area contributed by atoms with E-state index in [9.17, 15) is 4.79 Å². The number of carbonyl (C=O) groups excluding carboxylic acids is 1. The van der Waals surface area contributed by atoms with Gasteiger partial charge in [0.25, 0.3) is 0 Å². The van der Waals surface area contributed by atoms with E-state index in [-0.39, 0.29) is 5.97 Å². The summed E-state index contributed by atoms with van der Waals surface area (Å²) >= 11 is 7.43. The number of carbonyl (C=O) groups is 1. The van der Waals surface area contributed by atoms with Crippen LogP contribution in [0.2, 0.25) is 5.02 Å². The number of hydrogen-bond acceptors (Lipinski definition) is 3. The molecule has 2 nitrogen and oxygen atoms in total. The average molecular weight is 241 g/mol. The molecule has 0 bridgehead atoms. The van der Waals surface area contributed by atoms with Crippen LogP contribution in [0.25, 0.3) is 10.1 Å². The maximum atomic E-state index is 11.5. The second-order valence-corrected chi connectivity index (χ2v) is 4.59. The fourth-order valence-corrected chi connectivity index (χ4v) is 2.92. The number of benzene rings is 1. The van der Waals surface area contributed by atoms with Gasteiger partial charge in [0.1, 0.15) is 4.88 Å². The molecule has 78 valence electrons. The largest absolute Gasteiger partial charge is 0.465 e. The van der Waals surface area contributed by atoms with E-state index in [4.69, 9.17) is 16.3 Å². The van der Waals surface area contributed by atoms with E-state index in [0.717, 1.165) is 15.6 Å². The minimum atomic E-state index is -0.301. The van der Waals surface area contributed by atoms with Crippen LogP contribution in [0.4, 0.5) is 0 Å². The fraction of sp³-hybridized carbons (Fsp3) is 0.182. The molecule has 0 radical (unpaired) electrons. The molecule has 0 fully saturated rings. The highest BCUT2D eigenvalue weighted by atomic mass is 35.5. The summed E-state index contributed by atoms with van der Waals surface area (Å²) < 4.78 is 5.66. The molecule has 2 rings (SSSR count). The topological polar surface area (TPSA) is 26.3 Å². The van der Waals surface area contributed by atoms with Crippen molar-refractivity contribution in [3.63, 3.8) is 0 Å². The third-order valence-corrected chi connectivity index (χ3v) is 4.03. The average Bonchev–Trinajstić information content (AvgIpc) is 2.57. The predicted molar refractivity (Wildman–Crippen MR) is 62.9 cm³/mol. The van der Waals surface area contributed by atoms with Crippen molar-refractivity contribution in [2.45, 2.75) is 6.92 Å². The van der Waals surface area contributed by atoms with Crippen LogP contribution < -0.4 is 0 Å². The highest BCUT2D eigenvalue weighted by Gasteiger charge is 2.16. The predicted octanol–water partition coefficient (Wildman–Crippen LogP) is 3.65.